The van der Waals surface area contributed by atoms with Crippen LogP contribution in [0.3, 0.4) is 0 Å². The summed E-state index contributed by atoms with van der Waals surface area (Å²) in [6, 6.07) is 2.66. The first kappa shape index (κ1) is 11.5. The Labute approximate surface area is 96.8 Å². The van der Waals surface area contributed by atoms with Crippen molar-refractivity contribution < 1.29 is 0 Å². The second-order valence-corrected chi connectivity index (χ2v) is 5.94. The molecule has 1 nitrogen and oxygen atoms in total. The lowest BCUT2D eigenvalue weighted by molar-refractivity contribution is 0.268. The monoisotopic (exact) mass is 281 g/mol. The van der Waals surface area contributed by atoms with Crippen molar-refractivity contribution in [2.45, 2.75) is 26.4 Å². The van der Waals surface area contributed by atoms with Gasteiger partial charge in [0.15, 0.2) is 0 Å². The van der Waals surface area contributed by atoms with Gasteiger partial charge in [-0.1, -0.05) is 11.6 Å². The van der Waals surface area contributed by atoms with E-state index < -0.39 is 0 Å². The summed E-state index contributed by atoms with van der Waals surface area (Å²) >= 11 is 11.0. The fourth-order valence-corrected chi connectivity index (χ4v) is 2.75. The fraction of sp³-hybridized carbons (Fsp3) is 0.556. The van der Waals surface area contributed by atoms with Gasteiger partial charge in [0, 0.05) is 21.9 Å². The van der Waals surface area contributed by atoms with E-state index in [1.54, 1.807) is 11.3 Å². The summed E-state index contributed by atoms with van der Waals surface area (Å²) in [5.74, 6) is 0. The van der Waals surface area contributed by atoms with Crippen molar-refractivity contribution in [2.24, 2.45) is 0 Å². The molecule has 13 heavy (non-hydrogen) atoms. The molecule has 1 aromatic rings. The van der Waals surface area contributed by atoms with E-state index in [2.05, 4.69) is 47.8 Å². The molecule has 0 aliphatic rings. The van der Waals surface area contributed by atoms with Gasteiger partial charge in [-0.15, -0.1) is 11.3 Å². The minimum atomic E-state index is 0.569. The molecular weight excluding hydrogens is 270 g/mol. The SMILES string of the molecule is CC(C)N(C)Cc1cc(Br)c(Cl)s1. The lowest BCUT2D eigenvalue weighted by Crippen LogP contribution is -2.25. The van der Waals surface area contributed by atoms with E-state index in [1.807, 2.05) is 0 Å². The normalized spacial score (nSPS) is 11.6. The van der Waals surface area contributed by atoms with Crippen molar-refractivity contribution in [3.05, 3.63) is 19.8 Å². The highest BCUT2D eigenvalue weighted by molar-refractivity contribution is 9.10. The van der Waals surface area contributed by atoms with Crippen molar-refractivity contribution in [1.29, 1.82) is 0 Å². The second-order valence-electron chi connectivity index (χ2n) is 3.34. The van der Waals surface area contributed by atoms with E-state index in [1.165, 1.54) is 4.88 Å². The van der Waals surface area contributed by atoms with Crippen molar-refractivity contribution in [1.82, 2.24) is 4.90 Å². The van der Waals surface area contributed by atoms with Crippen molar-refractivity contribution >= 4 is 38.9 Å². The number of thiophene rings is 1. The van der Waals surface area contributed by atoms with Gasteiger partial charge in [0.1, 0.15) is 4.34 Å². The molecule has 0 aliphatic heterocycles. The highest BCUT2D eigenvalue weighted by Crippen LogP contribution is 2.32. The Kier molecular flexibility index (Phi) is 4.23. The van der Waals surface area contributed by atoms with Crippen LogP contribution in [0.4, 0.5) is 0 Å². The van der Waals surface area contributed by atoms with E-state index in [0.717, 1.165) is 15.4 Å². The summed E-state index contributed by atoms with van der Waals surface area (Å²) in [5, 5.41) is 0. The molecule has 0 N–H and O–H groups in total. The Morgan fingerprint density at radius 1 is 1.62 bits per heavy atom. The largest absolute Gasteiger partial charge is 0.299 e. The molecule has 0 saturated carbocycles. The Balaban J connectivity index is 2.64. The van der Waals surface area contributed by atoms with E-state index >= 15 is 0 Å². The molecule has 0 unspecified atom stereocenters. The highest BCUT2D eigenvalue weighted by Gasteiger charge is 2.08. The molecule has 0 spiro atoms. The van der Waals surface area contributed by atoms with Crippen molar-refractivity contribution in [3.8, 4) is 0 Å². The molecule has 1 heterocycles. The van der Waals surface area contributed by atoms with E-state index in [-0.39, 0.29) is 0 Å². The van der Waals surface area contributed by atoms with Gasteiger partial charge in [-0.2, -0.15) is 0 Å². The minimum absolute atomic E-state index is 0.569. The van der Waals surface area contributed by atoms with Crippen LogP contribution in [0, 0.1) is 0 Å². The van der Waals surface area contributed by atoms with Crippen LogP contribution in [0.15, 0.2) is 10.5 Å². The Bertz CT molecular complexity index is 266. The minimum Gasteiger partial charge on any atom is -0.299 e. The standard InChI is InChI=1S/C9H13BrClNS/c1-6(2)12(3)5-7-4-8(10)9(11)13-7/h4,6H,5H2,1-3H3. The van der Waals surface area contributed by atoms with Gasteiger partial charge in [-0.05, 0) is 42.9 Å². The predicted octanol–water partition coefficient (Wildman–Crippen LogP) is 4.00. The van der Waals surface area contributed by atoms with E-state index in [0.29, 0.717) is 6.04 Å². The summed E-state index contributed by atoms with van der Waals surface area (Å²) in [6.45, 7) is 5.34. The summed E-state index contributed by atoms with van der Waals surface area (Å²) < 4.78 is 1.85. The quantitative estimate of drug-likeness (QED) is 0.810. The maximum atomic E-state index is 5.95. The van der Waals surface area contributed by atoms with Gasteiger partial charge in [-0.3, -0.25) is 4.90 Å². The molecule has 0 fully saturated rings. The van der Waals surface area contributed by atoms with Gasteiger partial charge in [0.25, 0.3) is 0 Å². The first-order valence-electron chi connectivity index (χ1n) is 4.14. The molecule has 1 rings (SSSR count). The van der Waals surface area contributed by atoms with Crippen LogP contribution in [0.2, 0.25) is 4.34 Å². The third-order valence-electron chi connectivity index (χ3n) is 1.98. The highest BCUT2D eigenvalue weighted by atomic mass is 79.9. The summed E-state index contributed by atoms with van der Waals surface area (Å²) in [7, 11) is 2.12. The molecule has 0 bridgehead atoms. The van der Waals surface area contributed by atoms with Crippen molar-refractivity contribution in [2.75, 3.05) is 7.05 Å². The lowest BCUT2D eigenvalue weighted by atomic mass is 10.3. The molecule has 0 aromatic carbocycles. The van der Waals surface area contributed by atoms with Crippen LogP contribution in [-0.2, 0) is 6.54 Å². The molecule has 74 valence electrons. The van der Waals surface area contributed by atoms with Crippen LogP contribution in [0.1, 0.15) is 18.7 Å². The zero-order chi connectivity index (χ0) is 10.0. The smallest absolute Gasteiger partial charge is 0.107 e. The van der Waals surface area contributed by atoms with Crippen LogP contribution in [0.5, 0.6) is 0 Å². The fourth-order valence-electron chi connectivity index (χ4n) is 0.898. The predicted molar refractivity (Wildman–Crippen MR) is 63.6 cm³/mol. The number of nitrogens with zero attached hydrogens (tertiary/aromatic N) is 1. The Morgan fingerprint density at radius 2 is 2.23 bits per heavy atom. The topological polar surface area (TPSA) is 3.24 Å². The number of rotatable bonds is 3. The third kappa shape index (κ3) is 3.24. The average molecular weight is 283 g/mol. The van der Waals surface area contributed by atoms with Gasteiger partial charge in [0.2, 0.25) is 0 Å². The molecule has 4 heteroatoms. The first-order valence-corrected chi connectivity index (χ1v) is 6.13. The molecule has 0 saturated heterocycles. The van der Waals surface area contributed by atoms with Gasteiger partial charge < -0.3 is 0 Å². The summed E-state index contributed by atoms with van der Waals surface area (Å²) in [4.78, 5) is 3.59. The average Bonchev–Trinajstić information content (AvgIpc) is 2.31. The maximum absolute atomic E-state index is 5.95. The van der Waals surface area contributed by atoms with E-state index in [4.69, 9.17) is 11.6 Å². The van der Waals surface area contributed by atoms with E-state index in [9.17, 15) is 0 Å². The van der Waals surface area contributed by atoms with Gasteiger partial charge >= 0.3 is 0 Å². The van der Waals surface area contributed by atoms with Gasteiger partial charge in [0.05, 0.1) is 0 Å². The zero-order valence-corrected chi connectivity index (χ0v) is 11.1. The zero-order valence-electron chi connectivity index (χ0n) is 7.97. The van der Waals surface area contributed by atoms with Crippen molar-refractivity contribution in [3.63, 3.8) is 0 Å². The molecule has 0 atom stereocenters. The Hall–Kier alpha value is 0.430. The van der Waals surface area contributed by atoms with Crippen LogP contribution in [-0.4, -0.2) is 18.0 Å². The molecular formula is C9H13BrClNS. The molecule has 0 aliphatic carbocycles. The van der Waals surface area contributed by atoms with Crippen LogP contribution >= 0.6 is 38.9 Å². The number of halogens is 2. The number of hydrogen-bond donors (Lipinski definition) is 0. The third-order valence-corrected chi connectivity index (χ3v) is 4.44. The van der Waals surface area contributed by atoms with Crippen LogP contribution in [0.25, 0.3) is 0 Å². The van der Waals surface area contributed by atoms with Crippen LogP contribution < -0.4 is 0 Å². The molecule has 0 radical (unpaired) electrons. The summed E-state index contributed by atoms with van der Waals surface area (Å²) in [5.41, 5.74) is 0. The maximum Gasteiger partial charge on any atom is 0.107 e. The summed E-state index contributed by atoms with van der Waals surface area (Å²) in [6.07, 6.45) is 0. The Morgan fingerprint density at radius 3 is 2.62 bits per heavy atom. The lowest BCUT2D eigenvalue weighted by Gasteiger charge is -2.19. The van der Waals surface area contributed by atoms with Gasteiger partial charge in [-0.25, -0.2) is 0 Å². The number of hydrogen-bond acceptors (Lipinski definition) is 2. The molecule has 0 amide bonds. The molecule has 1 aromatic heterocycles. The second kappa shape index (κ2) is 4.78. The first-order chi connectivity index (χ1) is 6.00.